The average Bonchev–Trinajstić information content (AvgIpc) is 3.40. The van der Waals surface area contributed by atoms with Crippen LogP contribution in [0.1, 0.15) is 30.0 Å². The summed E-state index contributed by atoms with van der Waals surface area (Å²) in [6.07, 6.45) is 1.20. The molecule has 0 bridgehead atoms. The van der Waals surface area contributed by atoms with Crippen LogP contribution in [0.5, 0.6) is 0 Å². The third kappa shape index (κ3) is 4.52. The van der Waals surface area contributed by atoms with Gasteiger partial charge in [0.25, 0.3) is 0 Å². The van der Waals surface area contributed by atoms with Crippen molar-refractivity contribution in [2.75, 3.05) is 6.61 Å². The molecule has 2 heteroatoms. The number of hydrogen-bond donors (Lipinski definition) is 0. The summed E-state index contributed by atoms with van der Waals surface area (Å²) in [7, 11) is 0. The Hall–Kier alpha value is -2.42. The molecule has 0 aliphatic heterocycles. The van der Waals surface area contributed by atoms with E-state index in [0.717, 1.165) is 19.7 Å². The van der Waals surface area contributed by atoms with Crippen molar-refractivity contribution in [3.05, 3.63) is 108 Å². The van der Waals surface area contributed by atoms with E-state index in [0.29, 0.717) is 12.5 Å². The summed E-state index contributed by atoms with van der Waals surface area (Å²) in [6.45, 7) is 5.72. The second kappa shape index (κ2) is 8.72. The van der Waals surface area contributed by atoms with Crippen molar-refractivity contribution in [1.82, 2.24) is 4.90 Å². The zero-order valence-corrected chi connectivity index (χ0v) is 16.6. The van der Waals surface area contributed by atoms with Crippen LogP contribution in [-0.4, -0.2) is 17.0 Å². The van der Waals surface area contributed by atoms with Gasteiger partial charge in [-0.3, -0.25) is 4.90 Å². The molecule has 2 nitrogen and oxygen atoms in total. The molecule has 0 amide bonds. The number of rotatable bonds is 9. The highest BCUT2D eigenvalue weighted by atomic mass is 16.5. The molecule has 0 saturated heterocycles. The Morgan fingerprint density at radius 2 is 1.18 bits per heavy atom. The molecule has 144 valence electrons. The van der Waals surface area contributed by atoms with Crippen molar-refractivity contribution in [2.45, 2.75) is 38.6 Å². The SMILES string of the molecule is C[C@H]1C[C@@]1(COCc1ccccc1)N(Cc1ccccc1)Cc1ccccc1. The largest absolute Gasteiger partial charge is 0.375 e. The molecular formula is C26H29NO. The van der Waals surface area contributed by atoms with E-state index in [4.69, 9.17) is 4.74 Å². The van der Waals surface area contributed by atoms with Gasteiger partial charge in [0.2, 0.25) is 0 Å². The van der Waals surface area contributed by atoms with Gasteiger partial charge in [0, 0.05) is 18.6 Å². The van der Waals surface area contributed by atoms with E-state index >= 15 is 0 Å². The summed E-state index contributed by atoms with van der Waals surface area (Å²) in [5.41, 5.74) is 4.09. The highest BCUT2D eigenvalue weighted by Crippen LogP contribution is 2.49. The molecule has 1 aliphatic rings. The van der Waals surface area contributed by atoms with Gasteiger partial charge in [0.1, 0.15) is 0 Å². The Balaban J connectivity index is 1.49. The van der Waals surface area contributed by atoms with Gasteiger partial charge in [0.15, 0.2) is 0 Å². The van der Waals surface area contributed by atoms with E-state index in [1.54, 1.807) is 0 Å². The third-order valence-corrected chi connectivity index (χ3v) is 5.94. The van der Waals surface area contributed by atoms with Gasteiger partial charge in [-0.05, 0) is 29.0 Å². The van der Waals surface area contributed by atoms with Crippen LogP contribution in [0, 0.1) is 5.92 Å². The maximum absolute atomic E-state index is 6.23. The fourth-order valence-corrected chi connectivity index (χ4v) is 4.10. The van der Waals surface area contributed by atoms with Gasteiger partial charge < -0.3 is 4.74 Å². The average molecular weight is 372 g/mol. The summed E-state index contributed by atoms with van der Waals surface area (Å²) >= 11 is 0. The van der Waals surface area contributed by atoms with Crippen LogP contribution in [-0.2, 0) is 24.4 Å². The Bertz CT molecular complexity index is 808. The summed E-state index contributed by atoms with van der Waals surface area (Å²) in [5.74, 6) is 0.649. The number of hydrogen-bond acceptors (Lipinski definition) is 2. The fourth-order valence-electron chi connectivity index (χ4n) is 4.10. The first kappa shape index (κ1) is 18.9. The second-order valence-electron chi connectivity index (χ2n) is 8.01. The van der Waals surface area contributed by atoms with Crippen LogP contribution in [0.25, 0.3) is 0 Å². The summed E-state index contributed by atoms with van der Waals surface area (Å²) in [4.78, 5) is 2.63. The van der Waals surface area contributed by atoms with Gasteiger partial charge in [-0.1, -0.05) is 97.9 Å². The smallest absolute Gasteiger partial charge is 0.0717 e. The first-order valence-electron chi connectivity index (χ1n) is 10.2. The molecule has 0 N–H and O–H groups in total. The minimum Gasteiger partial charge on any atom is -0.375 e. The monoisotopic (exact) mass is 371 g/mol. The van der Waals surface area contributed by atoms with E-state index in [-0.39, 0.29) is 5.54 Å². The normalized spacial score (nSPS) is 21.0. The van der Waals surface area contributed by atoms with Crippen molar-refractivity contribution < 1.29 is 4.74 Å². The molecule has 3 aromatic carbocycles. The van der Waals surface area contributed by atoms with Crippen molar-refractivity contribution in [2.24, 2.45) is 5.92 Å². The van der Waals surface area contributed by atoms with E-state index in [1.807, 2.05) is 0 Å². The second-order valence-corrected chi connectivity index (χ2v) is 8.01. The Morgan fingerprint density at radius 3 is 1.61 bits per heavy atom. The Labute approximate surface area is 168 Å². The van der Waals surface area contributed by atoms with Crippen molar-refractivity contribution in [3.63, 3.8) is 0 Å². The van der Waals surface area contributed by atoms with Crippen molar-refractivity contribution in [1.29, 1.82) is 0 Å². The summed E-state index contributed by atoms with van der Waals surface area (Å²) < 4.78 is 6.23. The molecule has 4 rings (SSSR count). The van der Waals surface area contributed by atoms with E-state index in [1.165, 1.54) is 23.1 Å². The van der Waals surface area contributed by atoms with Crippen LogP contribution < -0.4 is 0 Å². The Morgan fingerprint density at radius 1 is 0.750 bits per heavy atom. The van der Waals surface area contributed by atoms with Gasteiger partial charge in [0.05, 0.1) is 13.2 Å². The lowest BCUT2D eigenvalue weighted by atomic mass is 10.1. The predicted molar refractivity (Wildman–Crippen MR) is 115 cm³/mol. The van der Waals surface area contributed by atoms with E-state index in [2.05, 4.69) is 103 Å². The first-order valence-corrected chi connectivity index (χ1v) is 10.2. The van der Waals surface area contributed by atoms with Gasteiger partial charge in [-0.2, -0.15) is 0 Å². The number of ether oxygens (including phenoxy) is 1. The number of nitrogens with zero attached hydrogens (tertiary/aromatic N) is 1. The molecule has 1 aliphatic carbocycles. The lowest BCUT2D eigenvalue weighted by molar-refractivity contribution is 0.0228. The maximum Gasteiger partial charge on any atom is 0.0717 e. The number of benzene rings is 3. The first-order chi connectivity index (χ1) is 13.8. The zero-order chi connectivity index (χ0) is 19.2. The third-order valence-electron chi connectivity index (χ3n) is 5.94. The van der Waals surface area contributed by atoms with Gasteiger partial charge >= 0.3 is 0 Å². The van der Waals surface area contributed by atoms with Crippen LogP contribution in [0.2, 0.25) is 0 Å². The van der Waals surface area contributed by atoms with Crippen LogP contribution >= 0.6 is 0 Å². The lowest BCUT2D eigenvalue weighted by Gasteiger charge is -2.33. The standard InChI is InChI=1S/C26H29NO/c1-22-17-26(22,21-28-20-25-15-9-4-10-16-25)27(18-23-11-5-2-6-12-23)19-24-13-7-3-8-14-24/h2-16,22H,17-21H2,1H3/t22-,26-/m0/s1. The minimum absolute atomic E-state index is 0.125. The quantitative estimate of drug-likeness (QED) is 0.479. The molecule has 0 unspecified atom stereocenters. The molecular weight excluding hydrogens is 342 g/mol. The summed E-state index contributed by atoms with van der Waals surface area (Å²) in [6, 6.07) is 32.1. The van der Waals surface area contributed by atoms with Crippen molar-refractivity contribution >= 4 is 0 Å². The minimum atomic E-state index is 0.125. The molecule has 0 heterocycles. The van der Waals surface area contributed by atoms with Crippen LogP contribution in [0.4, 0.5) is 0 Å². The highest BCUT2D eigenvalue weighted by molar-refractivity contribution is 5.21. The Kier molecular flexibility index (Phi) is 5.90. The zero-order valence-electron chi connectivity index (χ0n) is 16.6. The van der Waals surface area contributed by atoms with E-state index in [9.17, 15) is 0 Å². The van der Waals surface area contributed by atoms with Gasteiger partial charge in [-0.15, -0.1) is 0 Å². The topological polar surface area (TPSA) is 12.5 Å². The van der Waals surface area contributed by atoms with Crippen LogP contribution in [0.15, 0.2) is 91.0 Å². The molecule has 1 saturated carbocycles. The molecule has 0 spiro atoms. The molecule has 1 fully saturated rings. The predicted octanol–water partition coefficient (Wildman–Crippen LogP) is 5.68. The maximum atomic E-state index is 6.23. The van der Waals surface area contributed by atoms with Crippen molar-refractivity contribution in [3.8, 4) is 0 Å². The molecule has 0 aromatic heterocycles. The lowest BCUT2D eigenvalue weighted by Crippen LogP contribution is -2.41. The highest BCUT2D eigenvalue weighted by Gasteiger charge is 2.55. The summed E-state index contributed by atoms with van der Waals surface area (Å²) in [5, 5.41) is 0. The molecule has 0 radical (unpaired) electrons. The molecule has 3 aromatic rings. The molecule has 28 heavy (non-hydrogen) atoms. The fraction of sp³-hybridized carbons (Fsp3) is 0.308. The van der Waals surface area contributed by atoms with E-state index < -0.39 is 0 Å². The molecule has 2 atom stereocenters. The van der Waals surface area contributed by atoms with Crippen LogP contribution in [0.3, 0.4) is 0 Å². The van der Waals surface area contributed by atoms with Gasteiger partial charge in [-0.25, -0.2) is 0 Å².